The summed E-state index contributed by atoms with van der Waals surface area (Å²) >= 11 is 0. The molecule has 1 heterocycles. The first kappa shape index (κ1) is 19.9. The molecule has 3 aromatic carbocycles. The molecular formula is C24H23N3O2S. The largest absolute Gasteiger partial charge is 0.369 e. The van der Waals surface area contributed by atoms with Crippen molar-refractivity contribution in [3.05, 3.63) is 96.7 Å². The highest BCUT2D eigenvalue weighted by Crippen LogP contribution is 2.29. The summed E-state index contributed by atoms with van der Waals surface area (Å²) in [6, 6.07) is 27.1. The number of para-hydroxylation sites is 2. The molecule has 0 unspecified atom stereocenters. The number of hydrogen-bond acceptors (Lipinski definition) is 4. The van der Waals surface area contributed by atoms with E-state index >= 15 is 0 Å². The van der Waals surface area contributed by atoms with Crippen LogP contribution in [0.5, 0.6) is 0 Å². The molecule has 1 aromatic heterocycles. The molecule has 0 fully saturated rings. The second-order valence-corrected chi connectivity index (χ2v) is 9.23. The van der Waals surface area contributed by atoms with Gasteiger partial charge in [-0.15, -0.1) is 0 Å². The summed E-state index contributed by atoms with van der Waals surface area (Å²) in [4.78, 5) is 2.28. The standard InChI is InChI=1S/C24H23N3O2S/c1-26(22-15-9-10-16-23(22)30(2,28)29)17-20-18-27(21-13-7-4-8-14-21)25-24(20)19-11-5-3-6-12-19/h3-16,18H,17H2,1-2H3. The molecule has 6 heteroatoms. The Bertz CT molecular complexity index is 1250. The Balaban J connectivity index is 1.77. The second kappa shape index (κ2) is 8.16. The first-order chi connectivity index (χ1) is 14.4. The predicted octanol–water partition coefficient (Wildman–Crippen LogP) is 4.58. The predicted molar refractivity (Wildman–Crippen MR) is 121 cm³/mol. The minimum absolute atomic E-state index is 0.323. The Kier molecular flexibility index (Phi) is 5.42. The van der Waals surface area contributed by atoms with Crippen LogP contribution in [0.3, 0.4) is 0 Å². The highest BCUT2D eigenvalue weighted by atomic mass is 32.2. The van der Waals surface area contributed by atoms with E-state index < -0.39 is 9.84 Å². The van der Waals surface area contributed by atoms with Crippen LogP contribution in [0.4, 0.5) is 5.69 Å². The maximum absolute atomic E-state index is 12.2. The van der Waals surface area contributed by atoms with Crippen LogP contribution in [0.2, 0.25) is 0 Å². The number of anilines is 1. The van der Waals surface area contributed by atoms with Crippen molar-refractivity contribution in [3.8, 4) is 16.9 Å². The average molecular weight is 418 g/mol. The summed E-state index contributed by atoms with van der Waals surface area (Å²) < 4.78 is 26.4. The Hall–Kier alpha value is -3.38. The van der Waals surface area contributed by atoms with Crippen molar-refractivity contribution in [2.24, 2.45) is 0 Å². The van der Waals surface area contributed by atoms with Gasteiger partial charge < -0.3 is 4.90 Å². The van der Waals surface area contributed by atoms with Gasteiger partial charge in [0.1, 0.15) is 0 Å². The van der Waals surface area contributed by atoms with Gasteiger partial charge in [0.05, 0.1) is 22.0 Å². The molecule has 0 amide bonds. The van der Waals surface area contributed by atoms with Crippen LogP contribution in [0.15, 0.2) is 96.0 Å². The van der Waals surface area contributed by atoms with E-state index in [1.165, 1.54) is 6.26 Å². The third-order valence-electron chi connectivity index (χ3n) is 4.94. The fraction of sp³-hybridized carbons (Fsp3) is 0.125. The van der Waals surface area contributed by atoms with E-state index in [0.717, 1.165) is 22.5 Å². The van der Waals surface area contributed by atoms with E-state index in [0.29, 0.717) is 17.1 Å². The first-order valence-electron chi connectivity index (χ1n) is 9.63. The molecule has 4 aromatic rings. The molecule has 0 N–H and O–H groups in total. The summed E-state index contributed by atoms with van der Waals surface area (Å²) in [5, 5.41) is 4.84. The van der Waals surface area contributed by atoms with Crippen molar-refractivity contribution < 1.29 is 8.42 Å². The summed E-state index contributed by atoms with van der Waals surface area (Å²) in [5.41, 5.74) is 4.55. The monoisotopic (exact) mass is 417 g/mol. The topological polar surface area (TPSA) is 55.2 Å². The van der Waals surface area contributed by atoms with Gasteiger partial charge in [0.2, 0.25) is 0 Å². The first-order valence-corrected chi connectivity index (χ1v) is 11.5. The van der Waals surface area contributed by atoms with Crippen LogP contribution in [-0.2, 0) is 16.4 Å². The molecule has 5 nitrogen and oxygen atoms in total. The zero-order valence-electron chi connectivity index (χ0n) is 16.9. The van der Waals surface area contributed by atoms with Crippen LogP contribution >= 0.6 is 0 Å². The maximum atomic E-state index is 12.2. The maximum Gasteiger partial charge on any atom is 0.177 e. The molecule has 0 saturated heterocycles. The van der Waals surface area contributed by atoms with Gasteiger partial charge in [0.25, 0.3) is 0 Å². The van der Waals surface area contributed by atoms with Crippen LogP contribution in [0, 0.1) is 0 Å². The molecule has 0 radical (unpaired) electrons. The van der Waals surface area contributed by atoms with Gasteiger partial charge >= 0.3 is 0 Å². The molecule has 0 saturated carbocycles. The van der Waals surface area contributed by atoms with Gasteiger partial charge in [-0.2, -0.15) is 5.10 Å². The van der Waals surface area contributed by atoms with Crippen LogP contribution in [0.1, 0.15) is 5.56 Å². The Morgan fingerprint density at radius 1 is 0.867 bits per heavy atom. The molecule has 4 rings (SSSR count). The lowest BCUT2D eigenvalue weighted by atomic mass is 10.1. The molecule has 30 heavy (non-hydrogen) atoms. The highest BCUT2D eigenvalue weighted by molar-refractivity contribution is 7.90. The number of hydrogen-bond donors (Lipinski definition) is 0. The fourth-order valence-electron chi connectivity index (χ4n) is 3.50. The smallest absolute Gasteiger partial charge is 0.177 e. The third-order valence-corrected chi connectivity index (χ3v) is 6.09. The van der Waals surface area contributed by atoms with Gasteiger partial charge in [0, 0.05) is 37.2 Å². The van der Waals surface area contributed by atoms with Gasteiger partial charge in [-0.1, -0.05) is 60.7 Å². The summed E-state index contributed by atoms with van der Waals surface area (Å²) in [7, 11) is -1.43. The van der Waals surface area contributed by atoms with Gasteiger partial charge in [-0.3, -0.25) is 0 Å². The van der Waals surface area contributed by atoms with E-state index in [1.807, 2.05) is 95.6 Å². The van der Waals surface area contributed by atoms with Crippen molar-refractivity contribution in [1.82, 2.24) is 9.78 Å². The van der Waals surface area contributed by atoms with Crippen molar-refractivity contribution >= 4 is 15.5 Å². The third kappa shape index (κ3) is 4.14. The molecule has 0 aliphatic rings. The van der Waals surface area contributed by atoms with Crippen molar-refractivity contribution in [1.29, 1.82) is 0 Å². The SMILES string of the molecule is CN(Cc1cn(-c2ccccc2)nc1-c1ccccc1)c1ccccc1S(C)(=O)=O. The molecule has 0 spiro atoms. The summed E-state index contributed by atoms with van der Waals surface area (Å²) in [6.07, 6.45) is 3.25. The lowest BCUT2D eigenvalue weighted by Crippen LogP contribution is -2.19. The van der Waals surface area contributed by atoms with E-state index in [2.05, 4.69) is 0 Å². The van der Waals surface area contributed by atoms with Crippen molar-refractivity contribution in [2.75, 3.05) is 18.2 Å². The number of rotatable bonds is 6. The molecular weight excluding hydrogens is 394 g/mol. The quantitative estimate of drug-likeness (QED) is 0.461. The van der Waals surface area contributed by atoms with Crippen LogP contribution in [0.25, 0.3) is 16.9 Å². The summed E-state index contributed by atoms with van der Waals surface area (Å²) in [5.74, 6) is 0. The molecule has 0 atom stereocenters. The number of sulfone groups is 1. The zero-order chi connectivity index (χ0) is 21.1. The number of aromatic nitrogens is 2. The minimum Gasteiger partial charge on any atom is -0.369 e. The van der Waals surface area contributed by atoms with Gasteiger partial charge in [-0.25, -0.2) is 13.1 Å². The Labute approximate surface area is 177 Å². The van der Waals surface area contributed by atoms with E-state index in [4.69, 9.17) is 5.10 Å². The minimum atomic E-state index is -3.33. The molecule has 0 aliphatic carbocycles. The molecule has 0 aliphatic heterocycles. The van der Waals surface area contributed by atoms with E-state index in [1.54, 1.807) is 12.1 Å². The van der Waals surface area contributed by atoms with E-state index in [9.17, 15) is 8.42 Å². The van der Waals surface area contributed by atoms with Crippen LogP contribution in [-0.4, -0.2) is 31.5 Å². The highest BCUT2D eigenvalue weighted by Gasteiger charge is 2.19. The lowest BCUT2D eigenvalue weighted by Gasteiger charge is -2.21. The Morgan fingerprint density at radius 2 is 1.47 bits per heavy atom. The van der Waals surface area contributed by atoms with Gasteiger partial charge in [-0.05, 0) is 24.3 Å². The fourth-order valence-corrected chi connectivity index (χ4v) is 4.43. The second-order valence-electron chi connectivity index (χ2n) is 7.25. The normalized spacial score (nSPS) is 11.4. The number of benzene rings is 3. The number of nitrogens with zero attached hydrogens (tertiary/aromatic N) is 3. The van der Waals surface area contributed by atoms with Crippen LogP contribution < -0.4 is 4.90 Å². The van der Waals surface area contributed by atoms with Crippen molar-refractivity contribution in [2.45, 2.75) is 11.4 Å². The van der Waals surface area contributed by atoms with Crippen molar-refractivity contribution in [3.63, 3.8) is 0 Å². The zero-order valence-corrected chi connectivity index (χ0v) is 17.8. The lowest BCUT2D eigenvalue weighted by molar-refractivity contribution is 0.601. The Morgan fingerprint density at radius 3 is 2.13 bits per heavy atom. The molecule has 152 valence electrons. The summed E-state index contributed by atoms with van der Waals surface area (Å²) in [6.45, 7) is 0.517. The van der Waals surface area contributed by atoms with Gasteiger partial charge in [0.15, 0.2) is 9.84 Å². The average Bonchev–Trinajstić information content (AvgIpc) is 3.18. The molecule has 0 bridgehead atoms. The van der Waals surface area contributed by atoms with E-state index in [-0.39, 0.29) is 0 Å².